The minimum Gasteiger partial charge on any atom is -0.480 e. The Morgan fingerprint density at radius 3 is 2.34 bits per heavy atom. The van der Waals surface area contributed by atoms with Gasteiger partial charge in [-0.1, -0.05) is 68.4 Å². The van der Waals surface area contributed by atoms with Crippen LogP contribution in [-0.4, -0.2) is 40.5 Å². The molecular weight excluding hydrogens is 364 g/mol. The molecule has 5 nitrogen and oxygen atoms in total. The normalized spacial score (nSPS) is 16.1. The van der Waals surface area contributed by atoms with Gasteiger partial charge in [-0.05, 0) is 35.4 Å². The highest BCUT2D eigenvalue weighted by Crippen LogP contribution is 2.23. The Kier molecular flexibility index (Phi) is 7.04. The number of amides is 1. The molecule has 1 aliphatic rings. The van der Waals surface area contributed by atoms with Crippen LogP contribution in [0.25, 0.3) is 0 Å². The number of hydrogen-bond donors (Lipinski definition) is 2. The fraction of sp³-hybridized carbons (Fsp3) is 0.417. The molecule has 0 saturated carbocycles. The van der Waals surface area contributed by atoms with Gasteiger partial charge < -0.3 is 10.4 Å². The zero-order valence-corrected chi connectivity index (χ0v) is 17.2. The standard InChI is InChI=1S/C24H30N2O3/c1-17(2)14-22(26-13-12-19-10-6-7-11-20(19)16-26)23(27)25-21(24(28)29)15-18-8-4-3-5-9-18/h3-11,17,21-22H,12-16H2,1-2H3,(H,25,27)(H,28,29). The Hall–Kier alpha value is -2.66. The predicted molar refractivity (Wildman–Crippen MR) is 114 cm³/mol. The Morgan fingerprint density at radius 2 is 1.69 bits per heavy atom. The number of carbonyl (C=O) groups is 2. The maximum absolute atomic E-state index is 13.2. The van der Waals surface area contributed by atoms with Gasteiger partial charge in [0.05, 0.1) is 6.04 Å². The van der Waals surface area contributed by atoms with Crippen LogP contribution < -0.4 is 5.32 Å². The number of rotatable bonds is 8. The van der Waals surface area contributed by atoms with E-state index in [9.17, 15) is 14.7 Å². The van der Waals surface area contributed by atoms with Crippen LogP contribution in [0.3, 0.4) is 0 Å². The molecule has 2 unspecified atom stereocenters. The summed E-state index contributed by atoms with van der Waals surface area (Å²) in [6, 6.07) is 16.5. The van der Waals surface area contributed by atoms with Gasteiger partial charge in [-0.15, -0.1) is 0 Å². The maximum Gasteiger partial charge on any atom is 0.326 e. The van der Waals surface area contributed by atoms with E-state index in [-0.39, 0.29) is 18.4 Å². The fourth-order valence-corrected chi connectivity index (χ4v) is 3.97. The highest BCUT2D eigenvalue weighted by Gasteiger charge is 2.32. The fourth-order valence-electron chi connectivity index (χ4n) is 3.97. The van der Waals surface area contributed by atoms with Crippen LogP contribution in [0.5, 0.6) is 0 Å². The van der Waals surface area contributed by atoms with Gasteiger partial charge in [-0.3, -0.25) is 9.69 Å². The van der Waals surface area contributed by atoms with Crippen molar-refractivity contribution in [2.45, 2.75) is 51.7 Å². The molecule has 0 saturated heterocycles. The van der Waals surface area contributed by atoms with Crippen LogP contribution in [0.1, 0.15) is 37.0 Å². The highest BCUT2D eigenvalue weighted by atomic mass is 16.4. The second kappa shape index (κ2) is 9.70. The van der Waals surface area contributed by atoms with Crippen LogP contribution >= 0.6 is 0 Å². The van der Waals surface area contributed by atoms with Crippen molar-refractivity contribution in [2.24, 2.45) is 5.92 Å². The number of fused-ring (bicyclic) bond motifs is 1. The van der Waals surface area contributed by atoms with Crippen molar-refractivity contribution in [1.82, 2.24) is 10.2 Å². The first-order valence-electron chi connectivity index (χ1n) is 10.3. The van der Waals surface area contributed by atoms with Crippen molar-refractivity contribution in [2.75, 3.05) is 6.54 Å². The van der Waals surface area contributed by atoms with E-state index in [4.69, 9.17) is 0 Å². The number of carbonyl (C=O) groups excluding carboxylic acids is 1. The van der Waals surface area contributed by atoms with Gasteiger partial charge in [-0.2, -0.15) is 0 Å². The van der Waals surface area contributed by atoms with Crippen molar-refractivity contribution in [3.05, 3.63) is 71.3 Å². The lowest BCUT2D eigenvalue weighted by Gasteiger charge is -2.36. The molecule has 2 aromatic rings. The van der Waals surface area contributed by atoms with E-state index >= 15 is 0 Å². The molecule has 3 rings (SSSR count). The van der Waals surface area contributed by atoms with Crippen LogP contribution in [0, 0.1) is 5.92 Å². The summed E-state index contributed by atoms with van der Waals surface area (Å²) in [4.78, 5) is 27.2. The topological polar surface area (TPSA) is 69.6 Å². The molecule has 0 aliphatic carbocycles. The van der Waals surface area contributed by atoms with Gasteiger partial charge in [0, 0.05) is 19.5 Å². The third-order valence-electron chi connectivity index (χ3n) is 5.50. The quantitative estimate of drug-likeness (QED) is 0.721. The number of carboxylic acid groups (broad SMARTS) is 1. The van der Waals surface area contributed by atoms with Gasteiger partial charge >= 0.3 is 5.97 Å². The van der Waals surface area contributed by atoms with E-state index in [0.29, 0.717) is 12.3 Å². The first-order chi connectivity index (χ1) is 13.9. The van der Waals surface area contributed by atoms with Gasteiger partial charge in [-0.25, -0.2) is 4.79 Å². The summed E-state index contributed by atoms with van der Waals surface area (Å²) in [5.74, 6) is -0.865. The van der Waals surface area contributed by atoms with E-state index in [1.165, 1.54) is 11.1 Å². The van der Waals surface area contributed by atoms with Crippen molar-refractivity contribution in [3.63, 3.8) is 0 Å². The third-order valence-corrected chi connectivity index (χ3v) is 5.50. The lowest BCUT2D eigenvalue weighted by Crippen LogP contribution is -2.53. The minimum atomic E-state index is -1.01. The van der Waals surface area contributed by atoms with Crippen molar-refractivity contribution in [3.8, 4) is 0 Å². The second-order valence-electron chi connectivity index (χ2n) is 8.22. The molecule has 0 bridgehead atoms. The van der Waals surface area contributed by atoms with E-state index < -0.39 is 12.0 Å². The Morgan fingerprint density at radius 1 is 1.03 bits per heavy atom. The Bertz CT molecular complexity index is 835. The molecule has 2 atom stereocenters. The van der Waals surface area contributed by atoms with E-state index in [1.54, 1.807) is 0 Å². The van der Waals surface area contributed by atoms with E-state index in [1.807, 2.05) is 42.5 Å². The highest BCUT2D eigenvalue weighted by molar-refractivity contribution is 5.87. The molecule has 2 aromatic carbocycles. The number of hydrogen-bond acceptors (Lipinski definition) is 3. The predicted octanol–water partition coefficient (Wildman–Crippen LogP) is 3.27. The molecule has 0 aromatic heterocycles. The average Bonchev–Trinajstić information content (AvgIpc) is 2.71. The molecule has 0 fully saturated rings. The van der Waals surface area contributed by atoms with Crippen LogP contribution in [0.15, 0.2) is 54.6 Å². The molecule has 29 heavy (non-hydrogen) atoms. The largest absolute Gasteiger partial charge is 0.480 e. The third kappa shape index (κ3) is 5.67. The first-order valence-corrected chi connectivity index (χ1v) is 10.3. The van der Waals surface area contributed by atoms with Gasteiger partial charge in [0.25, 0.3) is 0 Å². The number of nitrogens with zero attached hydrogens (tertiary/aromatic N) is 1. The van der Waals surface area contributed by atoms with E-state index in [2.05, 4.69) is 36.2 Å². The summed E-state index contributed by atoms with van der Waals surface area (Å²) in [5.41, 5.74) is 3.48. The van der Waals surface area contributed by atoms with E-state index in [0.717, 1.165) is 25.1 Å². The maximum atomic E-state index is 13.2. The molecule has 154 valence electrons. The van der Waals surface area contributed by atoms with Crippen LogP contribution in [0.2, 0.25) is 0 Å². The minimum absolute atomic E-state index is 0.193. The molecule has 2 N–H and O–H groups in total. The molecule has 1 heterocycles. The van der Waals surface area contributed by atoms with Crippen molar-refractivity contribution < 1.29 is 14.7 Å². The SMILES string of the molecule is CC(C)CC(C(=O)NC(Cc1ccccc1)C(=O)O)N1CCc2ccccc2C1. The Balaban J connectivity index is 1.73. The molecule has 5 heteroatoms. The summed E-state index contributed by atoms with van der Waals surface area (Å²) in [6.45, 7) is 5.71. The first kappa shape index (κ1) is 21.1. The molecule has 1 amide bonds. The van der Waals surface area contributed by atoms with Gasteiger partial charge in [0.2, 0.25) is 5.91 Å². The zero-order valence-electron chi connectivity index (χ0n) is 17.2. The average molecular weight is 395 g/mol. The summed E-state index contributed by atoms with van der Waals surface area (Å²) in [5, 5.41) is 12.5. The zero-order chi connectivity index (χ0) is 20.8. The monoisotopic (exact) mass is 394 g/mol. The summed E-state index contributed by atoms with van der Waals surface area (Å²) in [7, 11) is 0. The van der Waals surface area contributed by atoms with Crippen LogP contribution in [0.4, 0.5) is 0 Å². The number of carboxylic acids is 1. The smallest absolute Gasteiger partial charge is 0.326 e. The lowest BCUT2D eigenvalue weighted by atomic mass is 9.95. The Labute approximate surface area is 172 Å². The van der Waals surface area contributed by atoms with Crippen molar-refractivity contribution in [1.29, 1.82) is 0 Å². The summed E-state index contributed by atoms with van der Waals surface area (Å²) < 4.78 is 0. The molecule has 0 radical (unpaired) electrons. The molecule has 1 aliphatic heterocycles. The van der Waals surface area contributed by atoms with Crippen molar-refractivity contribution >= 4 is 11.9 Å². The second-order valence-corrected chi connectivity index (χ2v) is 8.22. The van der Waals surface area contributed by atoms with Gasteiger partial charge in [0.1, 0.15) is 6.04 Å². The molecule has 0 spiro atoms. The van der Waals surface area contributed by atoms with Gasteiger partial charge in [0.15, 0.2) is 0 Å². The number of nitrogens with one attached hydrogen (secondary N) is 1. The lowest BCUT2D eigenvalue weighted by molar-refractivity contribution is -0.143. The summed E-state index contributed by atoms with van der Waals surface area (Å²) in [6.07, 6.45) is 1.88. The summed E-state index contributed by atoms with van der Waals surface area (Å²) >= 11 is 0. The van der Waals surface area contributed by atoms with Crippen LogP contribution in [-0.2, 0) is 29.0 Å². The number of aliphatic carboxylic acids is 1. The number of benzene rings is 2. The molecular formula is C24H30N2O3.